The number of carbonyl (C=O) groups is 1. The van der Waals surface area contributed by atoms with Crippen LogP contribution < -0.4 is 15.8 Å². The zero-order chi connectivity index (χ0) is 24.0. The second kappa shape index (κ2) is 8.83. The summed E-state index contributed by atoms with van der Waals surface area (Å²) in [6.07, 6.45) is 0. The van der Waals surface area contributed by atoms with Crippen molar-refractivity contribution in [1.82, 2.24) is 19.5 Å². The number of carbonyl (C=O) groups excluding carboxylic acids is 1. The number of amides is 1. The number of ether oxygens (including phenoxy) is 1. The summed E-state index contributed by atoms with van der Waals surface area (Å²) in [5.41, 5.74) is 1.58. The molecule has 0 saturated carbocycles. The Labute approximate surface area is 204 Å². The molecule has 5 rings (SSSR count). The van der Waals surface area contributed by atoms with Crippen molar-refractivity contribution in [2.45, 2.75) is 6.54 Å². The fraction of sp³-hybridized carbons (Fsp3) is 0.261. The van der Waals surface area contributed by atoms with E-state index in [0.717, 1.165) is 16.6 Å². The van der Waals surface area contributed by atoms with Crippen LogP contribution in [0.4, 0.5) is 5.69 Å². The molecule has 0 atom stereocenters. The molecule has 1 fully saturated rings. The van der Waals surface area contributed by atoms with Crippen LogP contribution in [0.3, 0.4) is 0 Å². The Morgan fingerprint density at radius 2 is 1.94 bits per heavy atom. The Hall–Kier alpha value is -3.27. The van der Waals surface area contributed by atoms with Crippen molar-refractivity contribution >= 4 is 51.3 Å². The third kappa shape index (κ3) is 3.75. The van der Waals surface area contributed by atoms with Gasteiger partial charge >= 0.3 is 5.56 Å². The lowest BCUT2D eigenvalue weighted by Gasteiger charge is -2.29. The number of aromatic hydroxyl groups is 1. The molecular formula is C23H21Cl2N5O4. The predicted molar refractivity (Wildman–Crippen MR) is 130 cm³/mol. The van der Waals surface area contributed by atoms with Crippen molar-refractivity contribution < 1.29 is 14.6 Å². The highest BCUT2D eigenvalue weighted by atomic mass is 35.5. The summed E-state index contributed by atoms with van der Waals surface area (Å²) in [7, 11) is 1.71. The average Bonchev–Trinajstić information content (AvgIpc) is 3.14. The first kappa shape index (κ1) is 22.5. The molecule has 11 heteroatoms. The molecule has 0 aliphatic carbocycles. The molecule has 0 unspecified atom stereocenters. The van der Waals surface area contributed by atoms with Gasteiger partial charge in [-0.3, -0.25) is 14.3 Å². The van der Waals surface area contributed by atoms with Crippen LogP contribution in [0.2, 0.25) is 10.0 Å². The van der Waals surface area contributed by atoms with E-state index in [0.29, 0.717) is 47.6 Å². The van der Waals surface area contributed by atoms with Crippen LogP contribution in [-0.4, -0.2) is 51.5 Å². The number of aromatic nitrogens is 3. The lowest BCUT2D eigenvalue weighted by molar-refractivity contribution is 0.0942. The highest BCUT2D eigenvalue weighted by Crippen LogP contribution is 2.32. The van der Waals surface area contributed by atoms with Gasteiger partial charge in [0.25, 0.3) is 5.91 Å². The first-order valence-electron chi connectivity index (χ1n) is 10.6. The van der Waals surface area contributed by atoms with E-state index < -0.39 is 17.2 Å². The molecule has 2 N–H and O–H groups in total. The van der Waals surface area contributed by atoms with E-state index in [4.69, 9.17) is 27.9 Å². The standard InChI is InChI=1S/C23H21Cl2N5O4/c1-28-16-3-2-4-17(29-7-9-34-10-8-29)18(16)21-27-19(20(31)23(33)30(21)28)22(32)26-12-13-5-6-14(24)15(25)11-13/h2-6,11,31H,7-10,12H2,1H3,(H,26,32). The fourth-order valence-electron chi connectivity index (χ4n) is 4.22. The molecule has 2 aromatic carbocycles. The Morgan fingerprint density at radius 3 is 2.68 bits per heavy atom. The molecule has 1 saturated heterocycles. The number of nitrogens with one attached hydrogen (secondary N) is 1. The Bertz CT molecular complexity index is 1490. The molecule has 1 aliphatic rings. The van der Waals surface area contributed by atoms with Gasteiger partial charge in [-0.15, -0.1) is 0 Å². The highest BCUT2D eigenvalue weighted by Gasteiger charge is 2.25. The molecule has 1 amide bonds. The van der Waals surface area contributed by atoms with Crippen LogP contribution in [0.25, 0.3) is 16.6 Å². The summed E-state index contributed by atoms with van der Waals surface area (Å²) >= 11 is 12.0. The summed E-state index contributed by atoms with van der Waals surface area (Å²) in [6, 6.07) is 10.7. The first-order chi connectivity index (χ1) is 16.4. The van der Waals surface area contributed by atoms with E-state index in [1.807, 2.05) is 18.2 Å². The first-order valence-corrected chi connectivity index (χ1v) is 11.4. The summed E-state index contributed by atoms with van der Waals surface area (Å²) in [5.74, 6) is -1.40. The van der Waals surface area contributed by atoms with Gasteiger partial charge in [0, 0.05) is 26.7 Å². The SMILES string of the molecule is Cn1c2cccc(N3CCOCC3)c2c2nc(C(=O)NCc3ccc(Cl)c(Cl)c3)c(O)c(=O)n21. The molecule has 9 nitrogen and oxygen atoms in total. The lowest BCUT2D eigenvalue weighted by atomic mass is 10.1. The number of morpholine rings is 1. The smallest absolute Gasteiger partial charge is 0.315 e. The minimum Gasteiger partial charge on any atom is -0.501 e. The maximum absolute atomic E-state index is 13.1. The van der Waals surface area contributed by atoms with Crippen molar-refractivity contribution in [1.29, 1.82) is 0 Å². The molecular weight excluding hydrogens is 481 g/mol. The predicted octanol–water partition coefficient (Wildman–Crippen LogP) is 2.97. The van der Waals surface area contributed by atoms with Crippen molar-refractivity contribution in [3.8, 4) is 5.75 Å². The zero-order valence-corrected chi connectivity index (χ0v) is 19.7. The van der Waals surface area contributed by atoms with Gasteiger partial charge < -0.3 is 20.1 Å². The summed E-state index contributed by atoms with van der Waals surface area (Å²) in [5, 5.41) is 14.7. The van der Waals surface area contributed by atoms with Crippen LogP contribution in [0.1, 0.15) is 16.1 Å². The number of hydrogen-bond acceptors (Lipinski definition) is 6. The number of rotatable bonds is 4. The number of anilines is 1. The van der Waals surface area contributed by atoms with Gasteiger partial charge in [-0.2, -0.15) is 4.52 Å². The second-order valence-electron chi connectivity index (χ2n) is 7.98. The Balaban J connectivity index is 1.59. The molecule has 3 heterocycles. The van der Waals surface area contributed by atoms with Crippen molar-refractivity contribution in [2.24, 2.45) is 7.05 Å². The zero-order valence-electron chi connectivity index (χ0n) is 18.2. The monoisotopic (exact) mass is 501 g/mol. The summed E-state index contributed by atoms with van der Waals surface area (Å²) in [6.45, 7) is 2.69. The molecule has 34 heavy (non-hydrogen) atoms. The molecule has 0 bridgehead atoms. The number of aryl methyl sites for hydroxylation is 1. The number of fused-ring (bicyclic) bond motifs is 3. The maximum atomic E-state index is 13.1. The third-order valence-electron chi connectivity index (χ3n) is 5.93. The van der Waals surface area contributed by atoms with Crippen LogP contribution in [0.15, 0.2) is 41.2 Å². The number of halogens is 2. The van der Waals surface area contributed by atoms with Crippen molar-refractivity contribution in [3.63, 3.8) is 0 Å². The van der Waals surface area contributed by atoms with Crippen LogP contribution in [0.5, 0.6) is 5.75 Å². The van der Waals surface area contributed by atoms with Gasteiger partial charge in [-0.25, -0.2) is 4.98 Å². The Kier molecular flexibility index (Phi) is 5.85. The molecule has 4 aromatic rings. The normalized spacial score (nSPS) is 14.1. The summed E-state index contributed by atoms with van der Waals surface area (Å²) in [4.78, 5) is 32.7. The minimum atomic E-state index is -0.726. The lowest BCUT2D eigenvalue weighted by Crippen LogP contribution is -2.36. The van der Waals surface area contributed by atoms with E-state index >= 15 is 0 Å². The van der Waals surface area contributed by atoms with E-state index in [1.165, 1.54) is 4.52 Å². The summed E-state index contributed by atoms with van der Waals surface area (Å²) < 4.78 is 8.37. The third-order valence-corrected chi connectivity index (χ3v) is 6.67. The topological polar surface area (TPSA) is 101 Å². The van der Waals surface area contributed by atoms with Gasteiger partial charge in [-0.1, -0.05) is 35.3 Å². The van der Waals surface area contributed by atoms with Gasteiger partial charge in [0.1, 0.15) is 0 Å². The van der Waals surface area contributed by atoms with Gasteiger partial charge in [0.2, 0.25) is 5.75 Å². The van der Waals surface area contributed by atoms with E-state index in [9.17, 15) is 14.7 Å². The quantitative estimate of drug-likeness (QED) is 0.445. The van der Waals surface area contributed by atoms with E-state index in [-0.39, 0.29) is 12.2 Å². The van der Waals surface area contributed by atoms with E-state index in [2.05, 4.69) is 15.2 Å². The highest BCUT2D eigenvalue weighted by molar-refractivity contribution is 6.42. The van der Waals surface area contributed by atoms with Crippen LogP contribution in [-0.2, 0) is 18.3 Å². The average molecular weight is 502 g/mol. The van der Waals surface area contributed by atoms with E-state index in [1.54, 1.807) is 29.9 Å². The van der Waals surface area contributed by atoms with Crippen LogP contribution >= 0.6 is 23.2 Å². The van der Waals surface area contributed by atoms with Gasteiger partial charge in [0.15, 0.2) is 11.3 Å². The largest absolute Gasteiger partial charge is 0.501 e. The van der Waals surface area contributed by atoms with Crippen molar-refractivity contribution in [2.75, 3.05) is 31.2 Å². The molecule has 2 aromatic heterocycles. The number of nitrogens with zero attached hydrogens (tertiary/aromatic N) is 4. The van der Waals surface area contributed by atoms with Crippen LogP contribution in [0, 0.1) is 0 Å². The number of benzene rings is 2. The maximum Gasteiger partial charge on any atom is 0.315 e. The fourth-order valence-corrected chi connectivity index (χ4v) is 4.54. The second-order valence-corrected chi connectivity index (χ2v) is 8.79. The molecule has 0 spiro atoms. The molecule has 1 aliphatic heterocycles. The number of hydrogen-bond donors (Lipinski definition) is 2. The van der Waals surface area contributed by atoms with Crippen molar-refractivity contribution in [3.05, 3.63) is 68.1 Å². The Morgan fingerprint density at radius 1 is 1.18 bits per heavy atom. The molecule has 176 valence electrons. The van der Waals surface area contributed by atoms with Gasteiger partial charge in [-0.05, 0) is 29.8 Å². The molecule has 0 radical (unpaired) electrons. The van der Waals surface area contributed by atoms with Gasteiger partial charge in [0.05, 0.1) is 39.8 Å². The minimum absolute atomic E-state index is 0.116.